The Morgan fingerprint density at radius 1 is 1.36 bits per heavy atom. The lowest BCUT2D eigenvalue weighted by molar-refractivity contribution is 0.154. The fraction of sp³-hybridized carbons (Fsp3) is 0.706. The van der Waals surface area contributed by atoms with E-state index < -0.39 is 0 Å². The summed E-state index contributed by atoms with van der Waals surface area (Å²) in [5.74, 6) is 0.708. The molecule has 4 rings (SSSR count). The highest BCUT2D eigenvalue weighted by Crippen LogP contribution is 2.22. The van der Waals surface area contributed by atoms with Gasteiger partial charge in [0.25, 0.3) is 5.56 Å². The highest BCUT2D eigenvalue weighted by Gasteiger charge is 2.24. The molecule has 7 nitrogen and oxygen atoms in total. The normalized spacial score (nSPS) is 22.7. The van der Waals surface area contributed by atoms with Crippen LogP contribution in [0.2, 0.25) is 0 Å². The molecule has 2 aliphatic rings. The number of anilines is 1. The van der Waals surface area contributed by atoms with Crippen LogP contribution < -0.4 is 10.9 Å². The first kappa shape index (κ1) is 16.9. The molecule has 4 heterocycles. The molecule has 0 bridgehead atoms. The van der Waals surface area contributed by atoms with Crippen LogP contribution in [0.25, 0.3) is 4.96 Å². The zero-order valence-corrected chi connectivity index (χ0v) is 15.4. The second kappa shape index (κ2) is 7.39. The van der Waals surface area contributed by atoms with E-state index in [1.165, 1.54) is 22.3 Å². The van der Waals surface area contributed by atoms with Crippen molar-refractivity contribution in [3.8, 4) is 0 Å². The summed E-state index contributed by atoms with van der Waals surface area (Å²) >= 11 is 1.46. The van der Waals surface area contributed by atoms with Gasteiger partial charge >= 0.3 is 0 Å². The van der Waals surface area contributed by atoms with Crippen LogP contribution >= 0.6 is 11.3 Å². The van der Waals surface area contributed by atoms with Crippen molar-refractivity contribution in [2.24, 2.45) is 5.92 Å². The van der Waals surface area contributed by atoms with Crippen LogP contribution in [0.3, 0.4) is 0 Å². The molecule has 8 heteroatoms. The largest absolute Gasteiger partial charge is 0.381 e. The number of aromatic nitrogens is 3. The quantitative estimate of drug-likeness (QED) is 0.870. The molecule has 0 spiro atoms. The van der Waals surface area contributed by atoms with Crippen LogP contribution in [0, 0.1) is 5.92 Å². The molecule has 0 aliphatic carbocycles. The zero-order valence-electron chi connectivity index (χ0n) is 14.6. The molecule has 2 aromatic heterocycles. The monoisotopic (exact) mass is 363 g/mol. The summed E-state index contributed by atoms with van der Waals surface area (Å²) in [6.07, 6.45) is 4.17. The van der Waals surface area contributed by atoms with Crippen molar-refractivity contribution in [1.82, 2.24) is 19.5 Å². The molecule has 1 atom stereocenters. The number of likely N-dealkylation sites (tertiary alicyclic amines) is 1. The van der Waals surface area contributed by atoms with Crippen molar-refractivity contribution in [2.75, 3.05) is 38.2 Å². The number of hydrogen-bond donors (Lipinski definition) is 1. The molecule has 0 aromatic carbocycles. The molecule has 0 radical (unpaired) electrons. The minimum absolute atomic E-state index is 0.0975. The van der Waals surface area contributed by atoms with Crippen molar-refractivity contribution < 1.29 is 4.74 Å². The van der Waals surface area contributed by atoms with Crippen LogP contribution in [-0.4, -0.2) is 58.4 Å². The lowest BCUT2D eigenvalue weighted by Gasteiger charge is -2.33. The Morgan fingerprint density at radius 3 is 2.92 bits per heavy atom. The van der Waals surface area contributed by atoms with Crippen molar-refractivity contribution >= 4 is 21.4 Å². The molecule has 2 fully saturated rings. The van der Waals surface area contributed by atoms with E-state index in [0.29, 0.717) is 16.9 Å². The maximum atomic E-state index is 12.1. The Labute approximate surface area is 151 Å². The summed E-state index contributed by atoms with van der Waals surface area (Å²) < 4.78 is 6.88. The molecule has 2 aliphatic heterocycles. The summed E-state index contributed by atoms with van der Waals surface area (Å²) in [6.45, 7) is 7.23. The third-order valence-corrected chi connectivity index (χ3v) is 5.96. The van der Waals surface area contributed by atoms with Gasteiger partial charge in [-0.05, 0) is 31.6 Å². The first-order chi connectivity index (χ1) is 12.2. The van der Waals surface area contributed by atoms with Gasteiger partial charge in [-0.25, -0.2) is 4.98 Å². The molecule has 2 saturated heterocycles. The van der Waals surface area contributed by atoms with Crippen molar-refractivity contribution in [1.29, 1.82) is 0 Å². The van der Waals surface area contributed by atoms with E-state index in [1.54, 1.807) is 6.07 Å². The van der Waals surface area contributed by atoms with E-state index in [4.69, 9.17) is 4.74 Å². The Hall–Kier alpha value is -1.51. The standard InChI is InChI=1S/C17H25N5O2S/c1-2-13-9-15(23)22-17(19-13)25-16(20-22)18-14-3-6-21(7-4-14)10-12-5-8-24-11-12/h9,12,14H,2-8,10-11H2,1H3,(H,18,20). The molecule has 25 heavy (non-hydrogen) atoms. The van der Waals surface area contributed by atoms with Crippen LogP contribution in [0.1, 0.15) is 31.9 Å². The van der Waals surface area contributed by atoms with Gasteiger partial charge in [-0.2, -0.15) is 4.52 Å². The third-order valence-electron chi connectivity index (χ3n) is 5.12. The van der Waals surface area contributed by atoms with E-state index in [1.807, 2.05) is 6.92 Å². The molecule has 136 valence electrons. The minimum Gasteiger partial charge on any atom is -0.381 e. The SMILES string of the molecule is CCc1cc(=O)n2nc(NC3CCN(CC4CCOC4)CC3)sc2n1. The van der Waals surface area contributed by atoms with E-state index in [0.717, 1.165) is 62.9 Å². The predicted octanol–water partition coefficient (Wildman–Crippen LogP) is 1.63. The first-order valence-electron chi connectivity index (χ1n) is 9.17. The van der Waals surface area contributed by atoms with Gasteiger partial charge in [-0.1, -0.05) is 18.3 Å². The van der Waals surface area contributed by atoms with Gasteiger partial charge in [0.1, 0.15) is 0 Å². The highest BCUT2D eigenvalue weighted by molar-refractivity contribution is 7.20. The minimum atomic E-state index is -0.0975. The summed E-state index contributed by atoms with van der Waals surface area (Å²) in [4.78, 5) is 19.8. The molecule has 0 amide bonds. The predicted molar refractivity (Wildman–Crippen MR) is 98.5 cm³/mol. The maximum absolute atomic E-state index is 12.1. The zero-order chi connectivity index (χ0) is 17.2. The molecular formula is C17H25N5O2S. The van der Waals surface area contributed by atoms with E-state index in [-0.39, 0.29) is 5.56 Å². The number of nitrogens with one attached hydrogen (secondary N) is 1. The molecule has 1 unspecified atom stereocenters. The lowest BCUT2D eigenvalue weighted by atomic mass is 10.0. The van der Waals surface area contributed by atoms with Gasteiger partial charge in [-0.3, -0.25) is 4.79 Å². The average molecular weight is 363 g/mol. The molecule has 1 N–H and O–H groups in total. The van der Waals surface area contributed by atoms with Gasteiger partial charge in [-0.15, -0.1) is 5.10 Å². The second-order valence-corrected chi connectivity index (χ2v) is 7.95. The summed E-state index contributed by atoms with van der Waals surface area (Å²) in [7, 11) is 0. The Morgan fingerprint density at radius 2 is 2.20 bits per heavy atom. The number of nitrogens with zero attached hydrogens (tertiary/aromatic N) is 4. The van der Waals surface area contributed by atoms with Crippen molar-refractivity contribution in [3.63, 3.8) is 0 Å². The fourth-order valence-corrected chi connectivity index (χ4v) is 4.52. The Kier molecular flexibility index (Phi) is 5.00. The summed E-state index contributed by atoms with van der Waals surface area (Å²) in [5, 5.41) is 8.70. The number of hydrogen-bond acceptors (Lipinski definition) is 7. The van der Waals surface area contributed by atoms with Crippen LogP contribution in [0.15, 0.2) is 10.9 Å². The van der Waals surface area contributed by atoms with Gasteiger partial charge in [0.05, 0.1) is 6.61 Å². The van der Waals surface area contributed by atoms with E-state index in [2.05, 4.69) is 20.3 Å². The summed E-state index contributed by atoms with van der Waals surface area (Å²) in [5.41, 5.74) is 0.726. The Balaban J connectivity index is 1.36. The fourth-order valence-electron chi connectivity index (χ4n) is 3.62. The van der Waals surface area contributed by atoms with Crippen molar-refractivity contribution in [2.45, 2.75) is 38.6 Å². The number of ether oxygens (including phenoxy) is 1. The third kappa shape index (κ3) is 3.86. The van der Waals surface area contributed by atoms with Crippen LogP contribution in [0.5, 0.6) is 0 Å². The smallest absolute Gasteiger partial charge is 0.275 e. The van der Waals surface area contributed by atoms with Crippen LogP contribution in [-0.2, 0) is 11.2 Å². The number of aryl methyl sites for hydroxylation is 1. The van der Waals surface area contributed by atoms with Crippen LogP contribution in [0.4, 0.5) is 5.13 Å². The number of fused-ring (bicyclic) bond motifs is 1. The lowest BCUT2D eigenvalue weighted by Crippen LogP contribution is -2.41. The van der Waals surface area contributed by atoms with Gasteiger partial charge < -0.3 is 15.0 Å². The highest BCUT2D eigenvalue weighted by atomic mass is 32.1. The molecule has 0 saturated carbocycles. The van der Waals surface area contributed by atoms with Gasteiger partial charge in [0, 0.05) is 44.0 Å². The molecule has 2 aromatic rings. The average Bonchev–Trinajstić information content (AvgIpc) is 3.26. The van der Waals surface area contributed by atoms with E-state index in [9.17, 15) is 4.79 Å². The molecular weight excluding hydrogens is 338 g/mol. The Bertz CT molecular complexity index is 775. The summed E-state index contributed by atoms with van der Waals surface area (Å²) in [6, 6.07) is 1.99. The number of piperidine rings is 1. The van der Waals surface area contributed by atoms with Gasteiger partial charge in [0.2, 0.25) is 10.1 Å². The number of rotatable bonds is 5. The first-order valence-corrected chi connectivity index (χ1v) is 9.99. The maximum Gasteiger partial charge on any atom is 0.275 e. The van der Waals surface area contributed by atoms with Crippen molar-refractivity contribution in [3.05, 3.63) is 22.1 Å². The topological polar surface area (TPSA) is 71.8 Å². The van der Waals surface area contributed by atoms with Gasteiger partial charge in [0.15, 0.2) is 0 Å². The second-order valence-electron chi connectivity index (χ2n) is 6.99. The van der Waals surface area contributed by atoms with E-state index >= 15 is 0 Å².